The molecule has 6 heteroatoms. The molecule has 0 bridgehead atoms. The van der Waals surface area contributed by atoms with E-state index in [9.17, 15) is 0 Å². The summed E-state index contributed by atoms with van der Waals surface area (Å²) < 4.78 is 11.1. The number of aryl methyl sites for hydroxylation is 2. The van der Waals surface area contributed by atoms with Crippen LogP contribution in [0, 0.1) is 6.92 Å². The van der Waals surface area contributed by atoms with E-state index in [4.69, 9.17) is 32.4 Å². The third-order valence-electron chi connectivity index (χ3n) is 3.89. The molecule has 0 saturated carbocycles. The minimum atomic E-state index is 0.421. The summed E-state index contributed by atoms with van der Waals surface area (Å²) in [7, 11) is 1.61. The lowest BCUT2D eigenvalue weighted by atomic mass is 10.1. The average molecular weight is 377 g/mol. The van der Waals surface area contributed by atoms with Gasteiger partial charge in [-0.15, -0.1) is 0 Å². The van der Waals surface area contributed by atoms with Gasteiger partial charge in [-0.3, -0.25) is 0 Å². The molecule has 0 aliphatic rings. The van der Waals surface area contributed by atoms with Gasteiger partial charge in [0.05, 0.1) is 17.2 Å². The van der Waals surface area contributed by atoms with Crippen LogP contribution in [0.2, 0.25) is 10.0 Å². The predicted molar refractivity (Wildman–Crippen MR) is 102 cm³/mol. The van der Waals surface area contributed by atoms with Gasteiger partial charge in [-0.2, -0.15) is 0 Å². The van der Waals surface area contributed by atoms with Gasteiger partial charge in [0, 0.05) is 17.3 Å². The number of ether oxygens (including phenoxy) is 1. The fraction of sp³-hybridized carbons (Fsp3) is 0.263. The molecule has 4 nitrogen and oxygen atoms in total. The van der Waals surface area contributed by atoms with Crippen LogP contribution in [0.1, 0.15) is 36.1 Å². The maximum atomic E-state index is 6.14. The summed E-state index contributed by atoms with van der Waals surface area (Å²) in [5, 5.41) is 0.981. The molecule has 0 spiro atoms. The Hall–Kier alpha value is -2.04. The van der Waals surface area contributed by atoms with Crippen molar-refractivity contribution in [3.05, 3.63) is 51.0 Å². The molecular formula is C19H18Cl2N2O2. The number of aromatic nitrogens is 2. The van der Waals surface area contributed by atoms with Gasteiger partial charge in [0.15, 0.2) is 5.58 Å². The number of pyridine rings is 1. The Morgan fingerprint density at radius 3 is 2.60 bits per heavy atom. The number of halogens is 2. The second kappa shape index (κ2) is 7.46. The van der Waals surface area contributed by atoms with Crippen LogP contribution in [0.4, 0.5) is 0 Å². The first-order chi connectivity index (χ1) is 12.0. The molecule has 3 rings (SSSR count). The third-order valence-corrected chi connectivity index (χ3v) is 4.49. The molecular weight excluding hydrogens is 359 g/mol. The molecule has 0 aliphatic carbocycles. The zero-order valence-corrected chi connectivity index (χ0v) is 15.8. The summed E-state index contributed by atoms with van der Waals surface area (Å²) in [4.78, 5) is 8.92. The van der Waals surface area contributed by atoms with Crippen molar-refractivity contribution in [1.82, 2.24) is 9.97 Å². The van der Waals surface area contributed by atoms with E-state index < -0.39 is 0 Å². The lowest BCUT2D eigenvalue weighted by molar-refractivity contribution is 0.395. The van der Waals surface area contributed by atoms with Crippen LogP contribution in [0.25, 0.3) is 23.3 Å². The molecule has 2 heterocycles. The van der Waals surface area contributed by atoms with E-state index in [2.05, 4.69) is 23.0 Å². The first-order valence-electron chi connectivity index (χ1n) is 8.00. The van der Waals surface area contributed by atoms with Crippen molar-refractivity contribution >= 4 is 46.5 Å². The summed E-state index contributed by atoms with van der Waals surface area (Å²) in [6, 6.07) is 5.48. The SMILES string of the molecule is CCCc1cc(/C=C/c2nc3c(Cl)ccc(Cl)c3o2)c(OC)nc1C. The monoisotopic (exact) mass is 376 g/mol. The van der Waals surface area contributed by atoms with E-state index in [1.165, 1.54) is 5.56 Å². The lowest BCUT2D eigenvalue weighted by Crippen LogP contribution is -1.98. The van der Waals surface area contributed by atoms with E-state index in [1.807, 2.05) is 13.0 Å². The summed E-state index contributed by atoms with van der Waals surface area (Å²) in [6.07, 6.45) is 5.66. The van der Waals surface area contributed by atoms with Gasteiger partial charge in [0.1, 0.15) is 5.52 Å². The molecule has 2 aromatic heterocycles. The number of benzene rings is 1. The minimum Gasteiger partial charge on any atom is -0.481 e. The van der Waals surface area contributed by atoms with Crippen molar-refractivity contribution in [1.29, 1.82) is 0 Å². The Morgan fingerprint density at radius 1 is 1.16 bits per heavy atom. The first kappa shape index (κ1) is 17.8. The molecule has 0 unspecified atom stereocenters. The molecule has 1 aromatic carbocycles. The topological polar surface area (TPSA) is 48.2 Å². The van der Waals surface area contributed by atoms with Gasteiger partial charge in [-0.1, -0.05) is 36.5 Å². The highest BCUT2D eigenvalue weighted by Crippen LogP contribution is 2.31. The van der Waals surface area contributed by atoms with E-state index >= 15 is 0 Å². The van der Waals surface area contributed by atoms with Crippen molar-refractivity contribution in [2.45, 2.75) is 26.7 Å². The quantitative estimate of drug-likeness (QED) is 0.550. The number of methoxy groups -OCH3 is 1. The van der Waals surface area contributed by atoms with E-state index in [1.54, 1.807) is 25.3 Å². The molecule has 25 heavy (non-hydrogen) atoms. The number of hydrogen-bond acceptors (Lipinski definition) is 4. The van der Waals surface area contributed by atoms with E-state index in [0.717, 1.165) is 24.1 Å². The molecule has 0 radical (unpaired) electrons. The van der Waals surface area contributed by atoms with Gasteiger partial charge in [0.25, 0.3) is 0 Å². The highest BCUT2D eigenvalue weighted by atomic mass is 35.5. The molecule has 0 aliphatic heterocycles. The van der Waals surface area contributed by atoms with Crippen LogP contribution >= 0.6 is 23.2 Å². The molecule has 130 valence electrons. The van der Waals surface area contributed by atoms with Crippen LogP contribution in [0.3, 0.4) is 0 Å². The van der Waals surface area contributed by atoms with Crippen LogP contribution in [-0.2, 0) is 6.42 Å². The van der Waals surface area contributed by atoms with Crippen molar-refractivity contribution in [2.75, 3.05) is 7.11 Å². The zero-order valence-electron chi connectivity index (χ0n) is 14.3. The minimum absolute atomic E-state index is 0.421. The summed E-state index contributed by atoms with van der Waals surface area (Å²) in [5.74, 6) is 0.991. The zero-order chi connectivity index (χ0) is 18.0. The largest absolute Gasteiger partial charge is 0.481 e. The summed E-state index contributed by atoms with van der Waals surface area (Å²) in [5.41, 5.74) is 4.09. The Morgan fingerprint density at radius 2 is 1.92 bits per heavy atom. The van der Waals surface area contributed by atoms with Crippen molar-refractivity contribution < 1.29 is 9.15 Å². The number of hydrogen-bond donors (Lipinski definition) is 0. The lowest BCUT2D eigenvalue weighted by Gasteiger charge is -2.09. The Balaban J connectivity index is 2.00. The molecule has 0 fully saturated rings. The van der Waals surface area contributed by atoms with Crippen LogP contribution in [-0.4, -0.2) is 17.1 Å². The Bertz CT molecular complexity index is 909. The predicted octanol–water partition coefficient (Wildman–Crippen LogP) is 5.97. The molecule has 0 amide bonds. The average Bonchev–Trinajstić information content (AvgIpc) is 3.04. The fourth-order valence-corrected chi connectivity index (χ4v) is 3.02. The number of rotatable bonds is 5. The standard InChI is InChI=1S/C19H18Cl2N2O2/c1-4-5-12-10-13(19(24-3)22-11(12)2)6-9-16-23-17-14(20)7-8-15(21)18(17)25-16/h6-10H,4-5H2,1-3H3/b9-6+. The highest BCUT2D eigenvalue weighted by Gasteiger charge is 2.12. The number of nitrogens with zero attached hydrogens (tertiary/aromatic N) is 2. The Labute approximate surface area is 156 Å². The first-order valence-corrected chi connectivity index (χ1v) is 8.76. The van der Waals surface area contributed by atoms with Crippen molar-refractivity contribution in [3.63, 3.8) is 0 Å². The van der Waals surface area contributed by atoms with Crippen LogP contribution in [0.5, 0.6) is 5.88 Å². The van der Waals surface area contributed by atoms with Gasteiger partial charge < -0.3 is 9.15 Å². The van der Waals surface area contributed by atoms with Gasteiger partial charge in [-0.25, -0.2) is 9.97 Å². The van der Waals surface area contributed by atoms with Crippen molar-refractivity contribution in [2.24, 2.45) is 0 Å². The molecule has 0 N–H and O–H groups in total. The summed E-state index contributed by atoms with van der Waals surface area (Å²) >= 11 is 12.3. The summed E-state index contributed by atoms with van der Waals surface area (Å²) in [6.45, 7) is 4.14. The van der Waals surface area contributed by atoms with Crippen molar-refractivity contribution in [3.8, 4) is 5.88 Å². The second-order valence-corrected chi connectivity index (χ2v) is 6.49. The third kappa shape index (κ3) is 3.65. The van der Waals surface area contributed by atoms with Gasteiger partial charge >= 0.3 is 0 Å². The van der Waals surface area contributed by atoms with Gasteiger partial charge in [0.2, 0.25) is 11.8 Å². The number of oxazole rings is 1. The van der Waals surface area contributed by atoms with E-state index in [-0.39, 0.29) is 0 Å². The smallest absolute Gasteiger partial charge is 0.220 e. The van der Waals surface area contributed by atoms with E-state index in [0.29, 0.717) is 32.9 Å². The second-order valence-electron chi connectivity index (χ2n) is 5.67. The van der Waals surface area contributed by atoms with Crippen LogP contribution < -0.4 is 4.74 Å². The molecule has 3 aromatic rings. The van der Waals surface area contributed by atoms with Crippen LogP contribution in [0.15, 0.2) is 22.6 Å². The van der Waals surface area contributed by atoms with Gasteiger partial charge in [-0.05, 0) is 43.2 Å². The Kier molecular flexibility index (Phi) is 5.30. The fourth-order valence-electron chi connectivity index (χ4n) is 2.64. The molecule has 0 atom stereocenters. The highest BCUT2D eigenvalue weighted by molar-refractivity contribution is 6.39. The maximum Gasteiger partial charge on any atom is 0.220 e. The molecule has 0 saturated heterocycles. The normalized spacial score (nSPS) is 11.6. The maximum absolute atomic E-state index is 6.14. The number of fused-ring (bicyclic) bond motifs is 1.